The maximum Gasteiger partial charge on any atom is 0.151 e. The molecule has 1 fully saturated rings. The molecular formula is C25H46O3S. The van der Waals surface area contributed by atoms with Crippen LogP contribution in [0.15, 0.2) is 12.7 Å². The van der Waals surface area contributed by atoms with Crippen LogP contribution in [-0.4, -0.2) is 25.7 Å². The van der Waals surface area contributed by atoms with Crippen molar-refractivity contribution in [3.63, 3.8) is 0 Å². The number of unbranched alkanes of at least 4 members (excludes halogenated alkanes) is 9. The van der Waals surface area contributed by atoms with E-state index < -0.39 is 9.84 Å². The zero-order chi connectivity index (χ0) is 21.4. The first kappa shape index (κ1) is 26.4. The zero-order valence-corrected chi connectivity index (χ0v) is 19.8. The average molecular weight is 427 g/mol. The average Bonchev–Trinajstić information content (AvgIpc) is 2.72. The molecule has 0 aromatic rings. The van der Waals surface area contributed by atoms with E-state index in [0.717, 1.165) is 44.9 Å². The molecule has 0 amide bonds. The van der Waals surface area contributed by atoms with Gasteiger partial charge in [-0.2, -0.15) is 0 Å². The Morgan fingerprint density at radius 3 is 2.03 bits per heavy atom. The largest absolute Gasteiger partial charge is 0.299 e. The van der Waals surface area contributed by atoms with Gasteiger partial charge in [0.15, 0.2) is 9.84 Å². The molecule has 0 saturated heterocycles. The summed E-state index contributed by atoms with van der Waals surface area (Å²) >= 11 is 0. The van der Waals surface area contributed by atoms with Gasteiger partial charge >= 0.3 is 0 Å². The van der Waals surface area contributed by atoms with Gasteiger partial charge in [0.2, 0.25) is 0 Å². The van der Waals surface area contributed by atoms with E-state index in [1.807, 2.05) is 0 Å². The molecule has 1 atom stereocenters. The molecule has 0 heterocycles. The Labute approximate surface area is 181 Å². The minimum atomic E-state index is -3.15. The number of carbonyl (C=O) groups is 1. The summed E-state index contributed by atoms with van der Waals surface area (Å²) < 4.78 is 25.5. The standard InChI is InChI=1S/C25H46O3S/c1-3-5-7-8-9-10-11-12-13-17-21-29(27,28)22-24(25(26)20-6-4-2)23-18-15-14-16-19-23/h4,23-24H,2-3,5-22H2,1H3. The second kappa shape index (κ2) is 16.1. The molecule has 0 aromatic carbocycles. The molecule has 4 heteroatoms. The predicted octanol–water partition coefficient (Wildman–Crippen LogP) is 7.05. The first-order valence-electron chi connectivity index (χ1n) is 12.3. The summed E-state index contributed by atoms with van der Waals surface area (Å²) in [6.07, 6.45) is 20.4. The van der Waals surface area contributed by atoms with Crippen LogP contribution >= 0.6 is 0 Å². The van der Waals surface area contributed by atoms with E-state index in [0.29, 0.717) is 12.8 Å². The van der Waals surface area contributed by atoms with Crippen molar-refractivity contribution in [1.82, 2.24) is 0 Å². The quantitative estimate of drug-likeness (QED) is 0.174. The predicted molar refractivity (Wildman–Crippen MR) is 125 cm³/mol. The van der Waals surface area contributed by atoms with E-state index in [4.69, 9.17) is 0 Å². The second-order valence-electron chi connectivity index (χ2n) is 9.09. The van der Waals surface area contributed by atoms with E-state index >= 15 is 0 Å². The third-order valence-electron chi connectivity index (χ3n) is 6.47. The molecule has 0 radical (unpaired) electrons. The fraction of sp³-hybridized carbons (Fsp3) is 0.880. The van der Waals surface area contributed by atoms with Crippen LogP contribution in [0.1, 0.15) is 116 Å². The SMILES string of the molecule is C=CCCC(=O)C(CS(=O)(=O)CCCCCCCCCCCC)C1CCCCC1. The number of carbonyl (C=O) groups excluding carboxylic acids is 1. The molecule has 0 bridgehead atoms. The molecule has 0 spiro atoms. The van der Waals surface area contributed by atoms with Gasteiger partial charge < -0.3 is 0 Å². The molecule has 0 N–H and O–H groups in total. The van der Waals surface area contributed by atoms with Crippen LogP contribution in [-0.2, 0) is 14.6 Å². The number of sulfone groups is 1. The van der Waals surface area contributed by atoms with Gasteiger partial charge in [0.25, 0.3) is 0 Å². The fourth-order valence-electron chi connectivity index (χ4n) is 4.62. The normalized spacial score (nSPS) is 16.6. The summed E-state index contributed by atoms with van der Waals surface area (Å²) in [4.78, 5) is 12.7. The highest BCUT2D eigenvalue weighted by Gasteiger charge is 2.32. The maximum atomic E-state index is 12.7. The first-order valence-corrected chi connectivity index (χ1v) is 14.2. The van der Waals surface area contributed by atoms with Crippen molar-refractivity contribution in [3.8, 4) is 0 Å². The van der Waals surface area contributed by atoms with Gasteiger partial charge in [0, 0.05) is 12.3 Å². The van der Waals surface area contributed by atoms with Gasteiger partial charge in [-0.15, -0.1) is 6.58 Å². The van der Waals surface area contributed by atoms with Crippen LogP contribution in [0.25, 0.3) is 0 Å². The van der Waals surface area contributed by atoms with Crippen LogP contribution in [0.5, 0.6) is 0 Å². The topological polar surface area (TPSA) is 51.2 Å². The smallest absolute Gasteiger partial charge is 0.151 e. The van der Waals surface area contributed by atoms with Crippen molar-refractivity contribution in [1.29, 1.82) is 0 Å². The molecule has 1 aliphatic rings. The molecule has 0 aromatic heterocycles. The van der Waals surface area contributed by atoms with Crippen LogP contribution in [0.4, 0.5) is 0 Å². The second-order valence-corrected chi connectivity index (χ2v) is 11.3. The highest BCUT2D eigenvalue weighted by Crippen LogP contribution is 2.32. The molecule has 1 unspecified atom stereocenters. The van der Waals surface area contributed by atoms with Crippen molar-refractivity contribution in [3.05, 3.63) is 12.7 Å². The summed E-state index contributed by atoms with van der Waals surface area (Å²) in [6.45, 7) is 5.94. The Bertz CT molecular complexity index is 532. The fourth-order valence-corrected chi connectivity index (χ4v) is 6.44. The van der Waals surface area contributed by atoms with Crippen LogP contribution < -0.4 is 0 Å². The van der Waals surface area contributed by atoms with Crippen molar-refractivity contribution in [2.75, 3.05) is 11.5 Å². The first-order chi connectivity index (χ1) is 14.0. The van der Waals surface area contributed by atoms with Gasteiger partial charge in [-0.3, -0.25) is 4.79 Å². The lowest BCUT2D eigenvalue weighted by Crippen LogP contribution is -2.33. The molecule has 1 rings (SSSR count). The lowest BCUT2D eigenvalue weighted by molar-refractivity contribution is -0.124. The Hall–Kier alpha value is -0.640. The van der Waals surface area contributed by atoms with Gasteiger partial charge in [-0.25, -0.2) is 8.42 Å². The molecule has 170 valence electrons. The van der Waals surface area contributed by atoms with Crippen molar-refractivity contribution >= 4 is 15.6 Å². The third-order valence-corrected chi connectivity index (χ3v) is 8.25. The molecular weight excluding hydrogens is 380 g/mol. The number of ketones is 1. The summed E-state index contributed by atoms with van der Waals surface area (Å²) in [5, 5.41) is 0. The lowest BCUT2D eigenvalue weighted by atomic mass is 9.78. The summed E-state index contributed by atoms with van der Waals surface area (Å²) in [7, 11) is -3.15. The number of hydrogen-bond acceptors (Lipinski definition) is 3. The van der Waals surface area contributed by atoms with E-state index in [1.54, 1.807) is 6.08 Å². The van der Waals surface area contributed by atoms with Crippen LogP contribution in [0.2, 0.25) is 0 Å². The monoisotopic (exact) mass is 426 g/mol. The molecule has 0 aliphatic heterocycles. The Kier molecular flexibility index (Phi) is 14.7. The summed E-state index contributed by atoms with van der Waals surface area (Å²) in [5.74, 6) is 0.447. The van der Waals surface area contributed by atoms with Crippen LogP contribution in [0.3, 0.4) is 0 Å². The molecule has 3 nitrogen and oxygen atoms in total. The van der Waals surface area contributed by atoms with Crippen molar-refractivity contribution in [2.45, 2.75) is 116 Å². The minimum Gasteiger partial charge on any atom is -0.299 e. The molecule has 1 aliphatic carbocycles. The van der Waals surface area contributed by atoms with Gasteiger partial charge in [-0.05, 0) is 31.6 Å². The van der Waals surface area contributed by atoms with Crippen molar-refractivity contribution < 1.29 is 13.2 Å². The number of hydrogen-bond donors (Lipinski definition) is 0. The van der Waals surface area contributed by atoms with E-state index in [1.165, 1.54) is 51.4 Å². The Morgan fingerprint density at radius 2 is 1.48 bits per heavy atom. The van der Waals surface area contributed by atoms with Crippen molar-refractivity contribution in [2.24, 2.45) is 11.8 Å². The van der Waals surface area contributed by atoms with E-state index in [9.17, 15) is 13.2 Å². The van der Waals surface area contributed by atoms with E-state index in [-0.39, 0.29) is 29.1 Å². The minimum absolute atomic E-state index is 0.0745. The number of Topliss-reactive ketones (excluding diaryl/α,β-unsaturated/α-hetero) is 1. The Balaban J connectivity index is 2.34. The number of rotatable bonds is 18. The van der Waals surface area contributed by atoms with Gasteiger partial charge in [0.05, 0.1) is 11.5 Å². The highest BCUT2D eigenvalue weighted by molar-refractivity contribution is 7.91. The summed E-state index contributed by atoms with van der Waals surface area (Å²) in [5.41, 5.74) is 0. The van der Waals surface area contributed by atoms with Gasteiger partial charge in [-0.1, -0.05) is 90.0 Å². The van der Waals surface area contributed by atoms with E-state index in [2.05, 4.69) is 13.5 Å². The van der Waals surface area contributed by atoms with Gasteiger partial charge in [0.1, 0.15) is 5.78 Å². The van der Waals surface area contributed by atoms with Crippen LogP contribution in [0, 0.1) is 11.8 Å². The molecule has 29 heavy (non-hydrogen) atoms. The lowest BCUT2D eigenvalue weighted by Gasteiger charge is -2.29. The third kappa shape index (κ3) is 12.6. The summed E-state index contributed by atoms with van der Waals surface area (Å²) in [6, 6.07) is 0. The maximum absolute atomic E-state index is 12.7. The number of allylic oxidation sites excluding steroid dienone is 1. The Morgan fingerprint density at radius 1 is 0.931 bits per heavy atom. The molecule has 1 saturated carbocycles. The highest BCUT2D eigenvalue weighted by atomic mass is 32.2. The zero-order valence-electron chi connectivity index (χ0n) is 19.0.